The molecular formula is C12H17N5O. The summed E-state index contributed by atoms with van der Waals surface area (Å²) in [5.41, 5.74) is 0.608. The first-order chi connectivity index (χ1) is 8.63. The largest absolute Gasteiger partial charge is 0.335 e. The zero-order chi connectivity index (χ0) is 13.1. The van der Waals surface area contributed by atoms with E-state index in [1.54, 1.807) is 17.1 Å². The molecule has 1 aromatic heterocycles. The number of aryl methyl sites for hydroxylation is 1. The highest BCUT2D eigenvalue weighted by molar-refractivity contribution is 5.92. The van der Waals surface area contributed by atoms with Crippen LogP contribution in [0.4, 0.5) is 0 Å². The molecule has 0 aliphatic carbocycles. The van der Waals surface area contributed by atoms with Crippen LogP contribution in [0.15, 0.2) is 12.5 Å². The molecule has 1 atom stereocenters. The second-order valence-corrected chi connectivity index (χ2v) is 4.52. The normalized spacial score (nSPS) is 18.4. The van der Waals surface area contributed by atoms with Gasteiger partial charge in [-0.2, -0.15) is 5.26 Å². The van der Waals surface area contributed by atoms with Crippen molar-refractivity contribution >= 4 is 5.91 Å². The Morgan fingerprint density at radius 2 is 2.11 bits per heavy atom. The number of amides is 1. The molecule has 1 aliphatic heterocycles. The number of hydrogen-bond donors (Lipinski definition) is 0. The molecule has 2 rings (SSSR count). The minimum absolute atomic E-state index is 0.0132. The van der Waals surface area contributed by atoms with Gasteiger partial charge in [0, 0.05) is 33.2 Å². The Hall–Kier alpha value is -1.87. The summed E-state index contributed by atoms with van der Waals surface area (Å²) in [5, 5.41) is 8.86. The van der Waals surface area contributed by atoms with Gasteiger partial charge in [-0.25, -0.2) is 4.98 Å². The molecule has 1 amide bonds. The Morgan fingerprint density at radius 1 is 1.44 bits per heavy atom. The van der Waals surface area contributed by atoms with Gasteiger partial charge in [0.1, 0.15) is 5.69 Å². The lowest BCUT2D eigenvalue weighted by molar-refractivity contribution is 0.0606. The van der Waals surface area contributed by atoms with Gasteiger partial charge in [0.15, 0.2) is 0 Å². The fraction of sp³-hybridized carbons (Fsp3) is 0.583. The van der Waals surface area contributed by atoms with Crippen LogP contribution in [0.1, 0.15) is 17.4 Å². The molecule has 0 radical (unpaired) electrons. The van der Waals surface area contributed by atoms with Crippen molar-refractivity contribution in [3.05, 3.63) is 18.2 Å². The summed E-state index contributed by atoms with van der Waals surface area (Å²) in [4.78, 5) is 20.1. The highest BCUT2D eigenvalue weighted by Gasteiger charge is 2.25. The van der Waals surface area contributed by atoms with Crippen molar-refractivity contribution < 1.29 is 4.79 Å². The minimum atomic E-state index is -0.0843. The van der Waals surface area contributed by atoms with E-state index in [-0.39, 0.29) is 11.9 Å². The summed E-state index contributed by atoms with van der Waals surface area (Å²) < 4.78 is 1.73. The number of nitriles is 1. The van der Waals surface area contributed by atoms with Crippen molar-refractivity contribution in [2.45, 2.75) is 13.0 Å². The fourth-order valence-electron chi connectivity index (χ4n) is 2.12. The molecule has 1 saturated heterocycles. The highest BCUT2D eigenvalue weighted by atomic mass is 16.2. The van der Waals surface area contributed by atoms with Crippen LogP contribution < -0.4 is 0 Å². The maximum atomic E-state index is 12.2. The minimum Gasteiger partial charge on any atom is -0.335 e. The lowest BCUT2D eigenvalue weighted by atomic mass is 10.2. The highest BCUT2D eigenvalue weighted by Crippen LogP contribution is 2.09. The summed E-state index contributed by atoms with van der Waals surface area (Å²) in [5.74, 6) is 0.0132. The Kier molecular flexibility index (Phi) is 3.63. The Labute approximate surface area is 106 Å². The van der Waals surface area contributed by atoms with Crippen molar-refractivity contribution in [3.63, 3.8) is 0 Å². The van der Waals surface area contributed by atoms with Crippen LogP contribution in [-0.4, -0.2) is 57.5 Å². The van der Waals surface area contributed by atoms with E-state index in [4.69, 9.17) is 5.26 Å². The van der Waals surface area contributed by atoms with Gasteiger partial charge in [-0.1, -0.05) is 0 Å². The third-order valence-electron chi connectivity index (χ3n) is 3.37. The molecule has 6 heteroatoms. The third-order valence-corrected chi connectivity index (χ3v) is 3.37. The quantitative estimate of drug-likeness (QED) is 0.743. The van der Waals surface area contributed by atoms with E-state index in [9.17, 15) is 4.79 Å². The van der Waals surface area contributed by atoms with E-state index in [1.165, 1.54) is 0 Å². The van der Waals surface area contributed by atoms with Crippen molar-refractivity contribution in [1.82, 2.24) is 19.4 Å². The maximum Gasteiger partial charge on any atom is 0.272 e. The Bertz CT molecular complexity index is 467. The van der Waals surface area contributed by atoms with Gasteiger partial charge in [0.05, 0.1) is 24.6 Å². The fourth-order valence-corrected chi connectivity index (χ4v) is 2.12. The Morgan fingerprint density at radius 3 is 2.61 bits per heavy atom. The van der Waals surface area contributed by atoms with Gasteiger partial charge in [0.25, 0.3) is 5.91 Å². The standard InChI is InChI=1S/C12H17N5O/c1-10(7-13)16-3-5-17(6-4-16)12(18)11-8-14-9-15(11)2/h8-10H,3-6H2,1-2H3. The number of hydrogen-bond acceptors (Lipinski definition) is 4. The first kappa shape index (κ1) is 12.6. The number of carbonyl (C=O) groups excluding carboxylic acids is 1. The first-order valence-corrected chi connectivity index (χ1v) is 6.02. The molecule has 1 unspecified atom stereocenters. The number of imidazole rings is 1. The van der Waals surface area contributed by atoms with Crippen LogP contribution in [0.3, 0.4) is 0 Å². The molecule has 0 N–H and O–H groups in total. The van der Waals surface area contributed by atoms with E-state index in [0.29, 0.717) is 18.8 Å². The molecule has 18 heavy (non-hydrogen) atoms. The van der Waals surface area contributed by atoms with Gasteiger partial charge in [-0.3, -0.25) is 9.69 Å². The van der Waals surface area contributed by atoms with E-state index in [1.807, 2.05) is 18.9 Å². The number of aromatic nitrogens is 2. The number of nitrogens with zero attached hydrogens (tertiary/aromatic N) is 5. The predicted octanol–water partition coefficient (Wildman–Crippen LogP) is 0.0900. The Balaban J connectivity index is 1.97. The zero-order valence-electron chi connectivity index (χ0n) is 10.7. The van der Waals surface area contributed by atoms with Crippen molar-refractivity contribution in [1.29, 1.82) is 5.26 Å². The molecule has 0 aromatic carbocycles. The molecule has 1 aliphatic rings. The third kappa shape index (κ3) is 2.36. The van der Waals surface area contributed by atoms with Crippen LogP contribution >= 0.6 is 0 Å². The van der Waals surface area contributed by atoms with Gasteiger partial charge in [0.2, 0.25) is 0 Å². The SMILES string of the molecule is CC(C#N)N1CCN(C(=O)c2cncn2C)CC1. The summed E-state index contributed by atoms with van der Waals surface area (Å²) in [6.45, 7) is 4.71. The number of piperazine rings is 1. The van der Waals surface area contributed by atoms with Gasteiger partial charge in [-0.15, -0.1) is 0 Å². The summed E-state index contributed by atoms with van der Waals surface area (Å²) >= 11 is 0. The molecule has 0 bridgehead atoms. The zero-order valence-corrected chi connectivity index (χ0v) is 10.7. The smallest absolute Gasteiger partial charge is 0.272 e. The second-order valence-electron chi connectivity index (χ2n) is 4.52. The molecule has 1 aromatic rings. The van der Waals surface area contributed by atoms with E-state index >= 15 is 0 Å². The van der Waals surface area contributed by atoms with Crippen LogP contribution in [0.5, 0.6) is 0 Å². The molecule has 96 valence electrons. The topological polar surface area (TPSA) is 65.2 Å². The second kappa shape index (κ2) is 5.19. The van der Waals surface area contributed by atoms with E-state index in [2.05, 4.69) is 16.0 Å². The average Bonchev–Trinajstić information content (AvgIpc) is 2.83. The van der Waals surface area contributed by atoms with Crippen molar-refractivity contribution in [2.75, 3.05) is 26.2 Å². The van der Waals surface area contributed by atoms with Gasteiger partial charge < -0.3 is 9.47 Å². The molecule has 1 fully saturated rings. The molecular weight excluding hydrogens is 230 g/mol. The predicted molar refractivity (Wildman–Crippen MR) is 65.8 cm³/mol. The monoisotopic (exact) mass is 247 g/mol. The first-order valence-electron chi connectivity index (χ1n) is 6.02. The van der Waals surface area contributed by atoms with Crippen molar-refractivity contribution in [3.8, 4) is 6.07 Å². The van der Waals surface area contributed by atoms with Gasteiger partial charge in [-0.05, 0) is 6.92 Å². The van der Waals surface area contributed by atoms with Crippen LogP contribution in [0.2, 0.25) is 0 Å². The maximum absolute atomic E-state index is 12.2. The van der Waals surface area contributed by atoms with Crippen LogP contribution in [0.25, 0.3) is 0 Å². The summed E-state index contributed by atoms with van der Waals surface area (Å²) in [6.07, 6.45) is 3.22. The van der Waals surface area contributed by atoms with E-state index in [0.717, 1.165) is 13.1 Å². The van der Waals surface area contributed by atoms with E-state index < -0.39 is 0 Å². The van der Waals surface area contributed by atoms with Crippen LogP contribution in [0, 0.1) is 11.3 Å². The lowest BCUT2D eigenvalue weighted by Crippen LogP contribution is -2.51. The molecule has 0 saturated carbocycles. The molecule has 0 spiro atoms. The van der Waals surface area contributed by atoms with Gasteiger partial charge >= 0.3 is 0 Å². The molecule has 6 nitrogen and oxygen atoms in total. The number of carbonyl (C=O) groups is 1. The summed E-state index contributed by atoms with van der Waals surface area (Å²) in [6, 6.07) is 2.14. The number of rotatable bonds is 2. The van der Waals surface area contributed by atoms with Crippen molar-refractivity contribution in [2.24, 2.45) is 7.05 Å². The van der Waals surface area contributed by atoms with Crippen LogP contribution in [-0.2, 0) is 7.05 Å². The average molecular weight is 247 g/mol. The molecule has 2 heterocycles. The lowest BCUT2D eigenvalue weighted by Gasteiger charge is -2.35. The summed E-state index contributed by atoms with van der Waals surface area (Å²) in [7, 11) is 1.81.